The fourth-order valence-electron chi connectivity index (χ4n) is 1.54. The van der Waals surface area contributed by atoms with Crippen LogP contribution in [0, 0.1) is 18.3 Å². The van der Waals surface area contributed by atoms with Gasteiger partial charge < -0.3 is 21.5 Å². The molecule has 0 saturated carbocycles. The van der Waals surface area contributed by atoms with E-state index in [-0.39, 0.29) is 0 Å². The van der Waals surface area contributed by atoms with Crippen LogP contribution in [-0.2, 0) is 9.59 Å². The van der Waals surface area contributed by atoms with Crippen LogP contribution in [0.15, 0.2) is 18.2 Å². The molecule has 1 aromatic rings. The summed E-state index contributed by atoms with van der Waals surface area (Å²) in [7, 11) is 0. The van der Waals surface area contributed by atoms with Gasteiger partial charge in [-0.25, -0.2) is 9.59 Å². The van der Waals surface area contributed by atoms with Crippen LogP contribution >= 0.6 is 0 Å². The Morgan fingerprint density at radius 1 is 1.43 bits per heavy atom. The predicted molar refractivity (Wildman–Crippen MR) is 73.3 cm³/mol. The molecular formula is C13H14N4O4. The highest BCUT2D eigenvalue weighted by atomic mass is 16.4. The Balaban J connectivity index is 2.79. The third-order valence-electron chi connectivity index (χ3n) is 2.62. The van der Waals surface area contributed by atoms with Gasteiger partial charge >= 0.3 is 12.0 Å². The van der Waals surface area contributed by atoms with Gasteiger partial charge in [-0.15, -0.1) is 0 Å². The van der Waals surface area contributed by atoms with Crippen LogP contribution in [0.25, 0.3) is 0 Å². The van der Waals surface area contributed by atoms with Crippen molar-refractivity contribution in [1.82, 2.24) is 5.32 Å². The number of amides is 3. The molecule has 0 heterocycles. The summed E-state index contributed by atoms with van der Waals surface area (Å²) < 4.78 is 0. The summed E-state index contributed by atoms with van der Waals surface area (Å²) in [4.78, 5) is 33.4. The second-order valence-corrected chi connectivity index (χ2v) is 4.30. The van der Waals surface area contributed by atoms with Gasteiger partial charge in [0.2, 0.25) is 5.91 Å². The van der Waals surface area contributed by atoms with Crippen molar-refractivity contribution in [3.8, 4) is 6.07 Å². The number of carbonyl (C=O) groups is 3. The summed E-state index contributed by atoms with van der Waals surface area (Å²) in [5.41, 5.74) is 6.33. The standard InChI is InChI=1S/C13H14N4O4/c1-7-2-3-8(6-14)4-9(7)16-13(21)17-10(12(19)20)5-11(15)18/h2-4,10H,5H2,1H3,(H2,15,18)(H,19,20)(H2,16,17,21)/t10-/m1/s1. The minimum absolute atomic E-state index is 0.350. The van der Waals surface area contributed by atoms with Crippen LogP contribution in [-0.4, -0.2) is 29.1 Å². The number of nitrogens with two attached hydrogens (primary N) is 1. The molecule has 0 spiro atoms. The lowest BCUT2D eigenvalue weighted by Crippen LogP contribution is -2.45. The summed E-state index contributed by atoms with van der Waals surface area (Å²) >= 11 is 0. The minimum atomic E-state index is -1.41. The average molecular weight is 290 g/mol. The van der Waals surface area contributed by atoms with Gasteiger partial charge in [0.15, 0.2) is 0 Å². The lowest BCUT2D eigenvalue weighted by molar-refractivity contribution is -0.140. The number of urea groups is 1. The Kier molecular flexibility index (Phi) is 5.25. The third kappa shape index (κ3) is 4.83. The number of anilines is 1. The van der Waals surface area contributed by atoms with Crippen molar-refractivity contribution >= 4 is 23.6 Å². The number of hydrogen-bond donors (Lipinski definition) is 4. The average Bonchev–Trinajstić information content (AvgIpc) is 2.39. The summed E-state index contributed by atoms with van der Waals surface area (Å²) in [5, 5.41) is 22.2. The number of hydrogen-bond acceptors (Lipinski definition) is 4. The molecule has 0 aliphatic heterocycles. The number of benzene rings is 1. The van der Waals surface area contributed by atoms with Crippen LogP contribution in [0.2, 0.25) is 0 Å². The summed E-state index contributed by atoms with van der Waals surface area (Å²) in [6.07, 6.45) is -0.514. The Bertz CT molecular complexity index is 621. The zero-order valence-electron chi connectivity index (χ0n) is 11.2. The van der Waals surface area contributed by atoms with Gasteiger partial charge in [-0.1, -0.05) is 6.07 Å². The van der Waals surface area contributed by atoms with Gasteiger partial charge in [-0.3, -0.25) is 4.79 Å². The van der Waals surface area contributed by atoms with Crippen LogP contribution in [0.1, 0.15) is 17.5 Å². The van der Waals surface area contributed by atoms with E-state index in [1.54, 1.807) is 19.1 Å². The SMILES string of the molecule is Cc1ccc(C#N)cc1NC(=O)N[C@H](CC(N)=O)C(=O)O. The predicted octanol–water partition coefficient (Wildman–Crippen LogP) is 0.317. The van der Waals surface area contributed by atoms with E-state index in [2.05, 4.69) is 10.6 Å². The van der Waals surface area contributed by atoms with Crippen molar-refractivity contribution in [2.45, 2.75) is 19.4 Å². The van der Waals surface area contributed by atoms with E-state index in [1.807, 2.05) is 6.07 Å². The molecule has 0 aliphatic carbocycles. The molecule has 21 heavy (non-hydrogen) atoms. The van der Waals surface area contributed by atoms with E-state index in [0.29, 0.717) is 16.8 Å². The van der Waals surface area contributed by atoms with E-state index < -0.39 is 30.4 Å². The largest absolute Gasteiger partial charge is 0.480 e. The number of carbonyl (C=O) groups excluding carboxylic acids is 2. The highest BCUT2D eigenvalue weighted by Gasteiger charge is 2.22. The molecule has 0 fully saturated rings. The van der Waals surface area contributed by atoms with E-state index in [0.717, 1.165) is 0 Å². The van der Waals surface area contributed by atoms with Gasteiger partial charge in [-0.2, -0.15) is 5.26 Å². The number of aliphatic carboxylic acids is 1. The maximum absolute atomic E-state index is 11.7. The van der Waals surface area contributed by atoms with Gasteiger partial charge in [0.25, 0.3) is 0 Å². The first kappa shape index (κ1) is 16.0. The molecule has 1 rings (SSSR count). The topological polar surface area (TPSA) is 145 Å². The van der Waals surface area contributed by atoms with Gasteiger partial charge in [0, 0.05) is 5.69 Å². The molecule has 110 valence electrons. The Morgan fingerprint density at radius 3 is 2.62 bits per heavy atom. The molecule has 1 atom stereocenters. The fourth-order valence-corrected chi connectivity index (χ4v) is 1.54. The van der Waals surface area contributed by atoms with Crippen molar-refractivity contribution in [2.24, 2.45) is 5.73 Å². The lowest BCUT2D eigenvalue weighted by Gasteiger charge is -2.14. The number of rotatable bonds is 5. The van der Waals surface area contributed by atoms with Gasteiger partial charge in [0.05, 0.1) is 18.1 Å². The molecule has 3 amide bonds. The Hall–Kier alpha value is -3.08. The van der Waals surface area contributed by atoms with Crippen LogP contribution in [0.5, 0.6) is 0 Å². The molecular weight excluding hydrogens is 276 g/mol. The summed E-state index contributed by atoms with van der Waals surface area (Å²) in [6.45, 7) is 1.72. The van der Waals surface area contributed by atoms with Crippen molar-refractivity contribution in [2.75, 3.05) is 5.32 Å². The number of primary amides is 1. The highest BCUT2D eigenvalue weighted by molar-refractivity contribution is 5.94. The van der Waals surface area contributed by atoms with Gasteiger partial charge in [0.1, 0.15) is 6.04 Å². The van der Waals surface area contributed by atoms with Crippen molar-refractivity contribution in [3.05, 3.63) is 29.3 Å². The van der Waals surface area contributed by atoms with Gasteiger partial charge in [-0.05, 0) is 24.6 Å². The zero-order chi connectivity index (χ0) is 16.0. The number of carboxylic acids is 1. The number of nitrogens with one attached hydrogen (secondary N) is 2. The van der Waals surface area contributed by atoms with Crippen molar-refractivity contribution < 1.29 is 19.5 Å². The quantitative estimate of drug-likeness (QED) is 0.616. The Labute approximate surface area is 120 Å². The molecule has 0 saturated heterocycles. The van der Waals surface area contributed by atoms with E-state index >= 15 is 0 Å². The van der Waals surface area contributed by atoms with E-state index in [9.17, 15) is 14.4 Å². The molecule has 8 nitrogen and oxygen atoms in total. The second-order valence-electron chi connectivity index (χ2n) is 4.30. The van der Waals surface area contributed by atoms with Crippen LogP contribution in [0.3, 0.4) is 0 Å². The zero-order valence-corrected chi connectivity index (χ0v) is 11.2. The number of carboxylic acid groups (broad SMARTS) is 1. The van der Waals surface area contributed by atoms with Crippen LogP contribution in [0.4, 0.5) is 10.5 Å². The maximum atomic E-state index is 11.7. The number of aryl methyl sites for hydroxylation is 1. The normalized spacial score (nSPS) is 11.0. The highest BCUT2D eigenvalue weighted by Crippen LogP contribution is 2.16. The molecule has 0 aliphatic rings. The van der Waals surface area contributed by atoms with E-state index in [1.165, 1.54) is 6.07 Å². The lowest BCUT2D eigenvalue weighted by atomic mass is 10.1. The second kappa shape index (κ2) is 6.91. The van der Waals surface area contributed by atoms with Crippen LogP contribution < -0.4 is 16.4 Å². The molecule has 0 aromatic heterocycles. The smallest absolute Gasteiger partial charge is 0.326 e. The molecule has 0 bridgehead atoms. The summed E-state index contributed by atoms with van der Waals surface area (Å²) in [5.74, 6) is -2.21. The molecule has 8 heteroatoms. The first-order chi connectivity index (χ1) is 9.83. The molecule has 0 unspecified atom stereocenters. The fraction of sp³-hybridized carbons (Fsp3) is 0.231. The molecule has 0 radical (unpaired) electrons. The maximum Gasteiger partial charge on any atom is 0.326 e. The number of nitriles is 1. The van der Waals surface area contributed by atoms with Crippen molar-refractivity contribution in [1.29, 1.82) is 5.26 Å². The Morgan fingerprint density at radius 2 is 2.10 bits per heavy atom. The monoisotopic (exact) mass is 290 g/mol. The minimum Gasteiger partial charge on any atom is -0.480 e. The van der Waals surface area contributed by atoms with Crippen molar-refractivity contribution in [3.63, 3.8) is 0 Å². The first-order valence-electron chi connectivity index (χ1n) is 5.93. The molecule has 1 aromatic carbocycles. The first-order valence-corrected chi connectivity index (χ1v) is 5.93. The molecule has 5 N–H and O–H groups in total. The van der Waals surface area contributed by atoms with E-state index in [4.69, 9.17) is 16.1 Å². The number of nitrogens with zero attached hydrogens (tertiary/aromatic N) is 1. The summed E-state index contributed by atoms with van der Waals surface area (Å²) in [6, 6.07) is 4.40. The third-order valence-corrected chi connectivity index (χ3v) is 2.62.